The number of thioether (sulfide) groups is 1. The van der Waals surface area contributed by atoms with Crippen LogP contribution in [0.15, 0.2) is 24.3 Å². The number of carboxylic acids is 1. The van der Waals surface area contributed by atoms with Crippen LogP contribution >= 0.6 is 23.4 Å². The van der Waals surface area contributed by atoms with E-state index in [0.717, 1.165) is 0 Å². The van der Waals surface area contributed by atoms with E-state index in [1.807, 2.05) is 0 Å². The van der Waals surface area contributed by atoms with Crippen LogP contribution < -0.4 is 10.6 Å². The van der Waals surface area contributed by atoms with E-state index < -0.39 is 23.2 Å². The van der Waals surface area contributed by atoms with E-state index >= 15 is 0 Å². The predicted octanol–water partition coefficient (Wildman–Crippen LogP) is 1.35. The monoisotopic (exact) mass is 328 g/mol. The van der Waals surface area contributed by atoms with Crippen LogP contribution in [0, 0.1) is 0 Å². The van der Waals surface area contributed by atoms with Crippen molar-refractivity contribution in [1.29, 1.82) is 0 Å². The Morgan fingerprint density at radius 2 is 2.24 bits per heavy atom. The van der Waals surface area contributed by atoms with Gasteiger partial charge in [0.1, 0.15) is 6.04 Å². The molecule has 0 saturated carbocycles. The van der Waals surface area contributed by atoms with Gasteiger partial charge in [-0.3, -0.25) is 9.59 Å². The van der Waals surface area contributed by atoms with Gasteiger partial charge in [0.2, 0.25) is 11.8 Å². The topological polar surface area (TPSA) is 95.5 Å². The molecule has 8 heteroatoms. The van der Waals surface area contributed by atoms with Crippen LogP contribution in [-0.4, -0.2) is 39.9 Å². The highest BCUT2D eigenvalue weighted by Crippen LogP contribution is 2.22. The lowest BCUT2D eigenvalue weighted by Gasteiger charge is -2.25. The van der Waals surface area contributed by atoms with Gasteiger partial charge in [0, 0.05) is 22.9 Å². The van der Waals surface area contributed by atoms with Crippen molar-refractivity contribution in [3.05, 3.63) is 29.3 Å². The van der Waals surface area contributed by atoms with Gasteiger partial charge < -0.3 is 15.7 Å². The van der Waals surface area contributed by atoms with E-state index in [0.29, 0.717) is 10.7 Å². The van der Waals surface area contributed by atoms with Crippen LogP contribution in [0.3, 0.4) is 0 Å². The maximum Gasteiger partial charge on any atom is 0.327 e. The molecule has 1 aromatic carbocycles. The fraction of sp³-hybridized carbons (Fsp3) is 0.308. The van der Waals surface area contributed by atoms with Crippen molar-refractivity contribution in [2.24, 2.45) is 0 Å². The first-order valence-corrected chi connectivity index (χ1v) is 7.58. The molecule has 2 amide bonds. The Hall–Kier alpha value is -1.73. The molecule has 1 fully saturated rings. The molecule has 112 valence electrons. The van der Waals surface area contributed by atoms with Gasteiger partial charge in [0.25, 0.3) is 0 Å². The van der Waals surface area contributed by atoms with Crippen molar-refractivity contribution in [3.63, 3.8) is 0 Å². The van der Waals surface area contributed by atoms with Crippen LogP contribution in [0.1, 0.15) is 6.42 Å². The van der Waals surface area contributed by atoms with E-state index in [-0.39, 0.29) is 18.1 Å². The Bertz CT molecular complexity index is 581. The second-order valence-corrected chi connectivity index (χ2v) is 6.16. The first-order chi connectivity index (χ1) is 9.95. The molecule has 2 rings (SSSR count). The van der Waals surface area contributed by atoms with Crippen molar-refractivity contribution in [2.45, 2.75) is 17.7 Å². The lowest BCUT2D eigenvalue weighted by Crippen LogP contribution is -2.51. The normalized spacial score (nSPS) is 21.5. The summed E-state index contributed by atoms with van der Waals surface area (Å²) in [5, 5.41) is 13.8. The molecule has 0 aliphatic carbocycles. The van der Waals surface area contributed by atoms with Crippen molar-refractivity contribution in [1.82, 2.24) is 5.32 Å². The molecule has 21 heavy (non-hydrogen) atoms. The third-order valence-corrected chi connectivity index (χ3v) is 4.39. The lowest BCUT2D eigenvalue weighted by atomic mass is 10.2. The smallest absolute Gasteiger partial charge is 0.327 e. The predicted molar refractivity (Wildman–Crippen MR) is 80.5 cm³/mol. The number of halogens is 1. The Kier molecular flexibility index (Phi) is 5.08. The molecule has 0 spiro atoms. The standard InChI is InChI=1S/C13H13ClN2O4S/c14-7-2-1-3-8(4-7)15-11(17)5-10-12(18)16-9(6-21-10)13(19)20/h1-4,9-10H,5-6H2,(H,15,17)(H,16,18)(H,19,20)/t9-,10+/m0/s1. The van der Waals surface area contributed by atoms with Crippen molar-refractivity contribution >= 4 is 46.8 Å². The molecule has 2 atom stereocenters. The van der Waals surface area contributed by atoms with Gasteiger partial charge in [-0.2, -0.15) is 0 Å². The highest BCUT2D eigenvalue weighted by molar-refractivity contribution is 8.00. The van der Waals surface area contributed by atoms with E-state index in [9.17, 15) is 14.4 Å². The number of aliphatic carboxylic acids is 1. The quantitative estimate of drug-likeness (QED) is 0.775. The third kappa shape index (κ3) is 4.37. The number of rotatable bonds is 4. The fourth-order valence-corrected chi connectivity index (χ4v) is 3.16. The number of benzene rings is 1. The third-order valence-electron chi connectivity index (χ3n) is 2.85. The Morgan fingerprint density at radius 1 is 1.48 bits per heavy atom. The Morgan fingerprint density at radius 3 is 2.86 bits per heavy atom. The van der Waals surface area contributed by atoms with Gasteiger partial charge in [-0.15, -0.1) is 11.8 Å². The van der Waals surface area contributed by atoms with Gasteiger partial charge >= 0.3 is 5.97 Å². The molecule has 0 bridgehead atoms. The van der Waals surface area contributed by atoms with Crippen molar-refractivity contribution < 1.29 is 19.5 Å². The van der Waals surface area contributed by atoms with Crippen LogP contribution in [0.2, 0.25) is 5.02 Å². The van der Waals surface area contributed by atoms with Gasteiger partial charge in [0.15, 0.2) is 0 Å². The van der Waals surface area contributed by atoms with Crippen LogP contribution in [0.5, 0.6) is 0 Å². The molecular formula is C13H13ClN2O4S. The minimum absolute atomic E-state index is 0.0185. The van der Waals surface area contributed by atoms with Gasteiger partial charge in [-0.05, 0) is 18.2 Å². The number of carbonyl (C=O) groups excluding carboxylic acids is 2. The van der Waals surface area contributed by atoms with Crippen molar-refractivity contribution in [3.8, 4) is 0 Å². The summed E-state index contributed by atoms with van der Waals surface area (Å²) in [5.74, 6) is -1.58. The average molecular weight is 329 g/mol. The molecule has 0 radical (unpaired) electrons. The summed E-state index contributed by atoms with van der Waals surface area (Å²) in [5.41, 5.74) is 0.553. The molecule has 1 heterocycles. The number of carboxylic acid groups (broad SMARTS) is 1. The number of hydrogen-bond acceptors (Lipinski definition) is 4. The maximum absolute atomic E-state index is 11.9. The number of carbonyl (C=O) groups is 3. The molecule has 0 unspecified atom stereocenters. The second kappa shape index (κ2) is 6.82. The maximum atomic E-state index is 11.9. The number of anilines is 1. The average Bonchev–Trinajstić information content (AvgIpc) is 2.40. The SMILES string of the molecule is O=C(C[C@H]1SC[C@@H](C(=O)O)NC1=O)Nc1cccc(Cl)c1. The minimum Gasteiger partial charge on any atom is -0.480 e. The summed E-state index contributed by atoms with van der Waals surface area (Å²) in [6.07, 6.45) is -0.0185. The van der Waals surface area contributed by atoms with Gasteiger partial charge in [-0.25, -0.2) is 4.79 Å². The lowest BCUT2D eigenvalue weighted by molar-refractivity contribution is -0.141. The van der Waals surface area contributed by atoms with Crippen molar-refractivity contribution in [2.75, 3.05) is 11.1 Å². The molecule has 3 N–H and O–H groups in total. The zero-order valence-corrected chi connectivity index (χ0v) is 12.4. The molecule has 0 aromatic heterocycles. The van der Waals surface area contributed by atoms with Crippen LogP contribution in [-0.2, 0) is 14.4 Å². The fourth-order valence-electron chi connectivity index (χ4n) is 1.83. The second-order valence-electron chi connectivity index (χ2n) is 4.48. The summed E-state index contributed by atoms with van der Waals surface area (Å²) < 4.78 is 0. The Labute approximate surface area is 130 Å². The summed E-state index contributed by atoms with van der Waals surface area (Å²) in [4.78, 5) is 34.4. The van der Waals surface area contributed by atoms with Crippen LogP contribution in [0.4, 0.5) is 5.69 Å². The molecule has 1 aliphatic rings. The molecular weight excluding hydrogens is 316 g/mol. The van der Waals surface area contributed by atoms with Gasteiger partial charge in [-0.1, -0.05) is 17.7 Å². The summed E-state index contributed by atoms with van der Waals surface area (Å²) in [7, 11) is 0. The number of hydrogen-bond donors (Lipinski definition) is 3. The van der Waals surface area contributed by atoms with E-state index in [1.165, 1.54) is 11.8 Å². The number of nitrogens with one attached hydrogen (secondary N) is 2. The molecule has 1 saturated heterocycles. The molecule has 1 aromatic rings. The molecule has 6 nitrogen and oxygen atoms in total. The zero-order chi connectivity index (χ0) is 15.4. The van der Waals surface area contributed by atoms with E-state index in [1.54, 1.807) is 24.3 Å². The van der Waals surface area contributed by atoms with E-state index in [4.69, 9.17) is 16.7 Å². The number of amides is 2. The molecule has 1 aliphatic heterocycles. The summed E-state index contributed by atoms with van der Waals surface area (Å²) in [6.45, 7) is 0. The minimum atomic E-state index is -1.07. The largest absolute Gasteiger partial charge is 0.480 e. The van der Waals surface area contributed by atoms with Crippen LogP contribution in [0.25, 0.3) is 0 Å². The Balaban J connectivity index is 1.89. The van der Waals surface area contributed by atoms with E-state index in [2.05, 4.69) is 10.6 Å². The zero-order valence-electron chi connectivity index (χ0n) is 10.8. The highest BCUT2D eigenvalue weighted by atomic mass is 35.5. The summed E-state index contributed by atoms with van der Waals surface area (Å²) in [6, 6.07) is 5.80. The van der Waals surface area contributed by atoms with Gasteiger partial charge in [0.05, 0.1) is 5.25 Å². The summed E-state index contributed by atoms with van der Waals surface area (Å²) >= 11 is 6.98. The highest BCUT2D eigenvalue weighted by Gasteiger charge is 2.33. The first kappa shape index (κ1) is 15.7. The first-order valence-electron chi connectivity index (χ1n) is 6.16.